The van der Waals surface area contributed by atoms with Crippen molar-refractivity contribution in [1.29, 1.82) is 0 Å². The van der Waals surface area contributed by atoms with Crippen LogP contribution in [0.25, 0.3) is 0 Å². The van der Waals surface area contributed by atoms with E-state index in [0.29, 0.717) is 13.0 Å². The molecule has 2 N–H and O–H groups in total. The molecule has 1 aromatic carbocycles. The van der Waals surface area contributed by atoms with E-state index in [1.54, 1.807) is 0 Å². The Labute approximate surface area is 77.1 Å². The number of nitrogens with two attached hydrogens (primary N) is 1. The second-order valence-corrected chi connectivity index (χ2v) is 3.36. The molecule has 1 aliphatic heterocycles. The van der Waals surface area contributed by atoms with Crippen LogP contribution >= 0.6 is 0 Å². The van der Waals surface area contributed by atoms with Gasteiger partial charge in [0.15, 0.2) is 0 Å². The molecular weight excluding hydrogens is 164 g/mol. The topological polar surface area (TPSA) is 46.3 Å². The molecule has 2 rings (SSSR count). The molecule has 0 aromatic heterocycles. The minimum absolute atomic E-state index is 0.0360. The number of hydrogen-bond acceptors (Lipinski definition) is 2. The molecule has 3 heteroatoms. The number of amides is 1. The average molecular weight is 176 g/mol. The molecule has 1 amide bonds. The van der Waals surface area contributed by atoms with Gasteiger partial charge in [-0.2, -0.15) is 0 Å². The molecule has 1 aliphatic rings. The van der Waals surface area contributed by atoms with Gasteiger partial charge in [-0.05, 0) is 5.56 Å². The molecule has 1 atom stereocenters. The van der Waals surface area contributed by atoms with Gasteiger partial charge in [-0.3, -0.25) is 9.80 Å². The summed E-state index contributed by atoms with van der Waals surface area (Å²) in [5, 5.41) is 1.30. The van der Waals surface area contributed by atoms with E-state index in [-0.39, 0.29) is 11.8 Å². The van der Waals surface area contributed by atoms with Crippen LogP contribution in [0, 0.1) is 0 Å². The fraction of sp³-hybridized carbons (Fsp3) is 0.300. The molecule has 1 saturated heterocycles. The molecule has 0 aliphatic carbocycles. The van der Waals surface area contributed by atoms with Crippen LogP contribution in [0.5, 0.6) is 0 Å². The molecule has 0 saturated carbocycles. The first-order valence-corrected chi connectivity index (χ1v) is 4.37. The van der Waals surface area contributed by atoms with E-state index in [1.165, 1.54) is 10.6 Å². The maximum atomic E-state index is 11.2. The van der Waals surface area contributed by atoms with E-state index in [4.69, 9.17) is 5.84 Å². The monoisotopic (exact) mass is 176 g/mol. The van der Waals surface area contributed by atoms with Gasteiger partial charge in [0.1, 0.15) is 0 Å². The molecule has 0 radical (unpaired) electrons. The highest BCUT2D eigenvalue weighted by Gasteiger charge is 2.28. The zero-order valence-corrected chi connectivity index (χ0v) is 7.31. The van der Waals surface area contributed by atoms with Crippen LogP contribution in [0.2, 0.25) is 0 Å². The lowest BCUT2D eigenvalue weighted by Gasteiger charge is -2.09. The van der Waals surface area contributed by atoms with Crippen molar-refractivity contribution in [3.8, 4) is 0 Å². The van der Waals surface area contributed by atoms with Crippen LogP contribution in [0.4, 0.5) is 0 Å². The Kier molecular flexibility index (Phi) is 2.02. The zero-order valence-electron chi connectivity index (χ0n) is 7.31. The van der Waals surface area contributed by atoms with Crippen molar-refractivity contribution in [1.82, 2.24) is 5.01 Å². The third-order valence-electron chi connectivity index (χ3n) is 2.43. The average Bonchev–Trinajstić information content (AvgIpc) is 2.49. The smallest absolute Gasteiger partial charge is 0.237 e. The van der Waals surface area contributed by atoms with Gasteiger partial charge in [0.2, 0.25) is 5.91 Å². The van der Waals surface area contributed by atoms with Crippen molar-refractivity contribution >= 4 is 5.91 Å². The highest BCUT2D eigenvalue weighted by atomic mass is 16.2. The van der Waals surface area contributed by atoms with Gasteiger partial charge in [0.05, 0.1) is 0 Å². The van der Waals surface area contributed by atoms with Crippen LogP contribution in [0.15, 0.2) is 30.3 Å². The van der Waals surface area contributed by atoms with Crippen molar-refractivity contribution in [3.05, 3.63) is 35.9 Å². The summed E-state index contributed by atoms with van der Waals surface area (Å²) < 4.78 is 0. The molecule has 0 spiro atoms. The van der Waals surface area contributed by atoms with E-state index in [9.17, 15) is 4.79 Å². The summed E-state index contributed by atoms with van der Waals surface area (Å²) in [6.45, 7) is 0.642. The highest BCUT2D eigenvalue weighted by Crippen LogP contribution is 2.25. The molecule has 1 aromatic rings. The Bertz CT molecular complexity index is 310. The maximum absolute atomic E-state index is 11.2. The Hall–Kier alpha value is -1.35. The number of carbonyl (C=O) groups excluding carboxylic acids is 1. The summed E-state index contributed by atoms with van der Waals surface area (Å²) >= 11 is 0. The molecule has 1 heterocycles. The molecule has 0 bridgehead atoms. The normalized spacial score (nSPS) is 22.4. The summed E-state index contributed by atoms with van der Waals surface area (Å²) in [6.07, 6.45) is 0.542. The Morgan fingerprint density at radius 3 is 2.54 bits per heavy atom. The van der Waals surface area contributed by atoms with Crippen molar-refractivity contribution in [2.45, 2.75) is 12.3 Å². The first-order chi connectivity index (χ1) is 6.27. The third-order valence-corrected chi connectivity index (χ3v) is 2.43. The van der Waals surface area contributed by atoms with Gasteiger partial charge in [0.25, 0.3) is 0 Å². The molecule has 13 heavy (non-hydrogen) atoms. The highest BCUT2D eigenvalue weighted by molar-refractivity contribution is 5.79. The Morgan fingerprint density at radius 1 is 1.31 bits per heavy atom. The minimum Gasteiger partial charge on any atom is -0.280 e. The minimum atomic E-state index is 0.0360. The summed E-state index contributed by atoms with van der Waals surface area (Å²) in [6, 6.07) is 10.0. The number of hydrogen-bond donors (Lipinski definition) is 1. The second-order valence-electron chi connectivity index (χ2n) is 3.36. The summed E-state index contributed by atoms with van der Waals surface area (Å²) in [4.78, 5) is 11.2. The molecular formula is C10H12N2O. The van der Waals surface area contributed by atoms with Crippen LogP contribution in [-0.4, -0.2) is 17.5 Å². The lowest BCUT2D eigenvalue weighted by atomic mass is 9.99. The summed E-state index contributed by atoms with van der Waals surface area (Å²) in [7, 11) is 0. The lowest BCUT2D eigenvalue weighted by molar-refractivity contribution is -0.127. The fourth-order valence-electron chi connectivity index (χ4n) is 1.68. The third kappa shape index (κ3) is 1.55. The van der Waals surface area contributed by atoms with E-state index in [0.717, 1.165) is 0 Å². The van der Waals surface area contributed by atoms with Crippen molar-refractivity contribution in [2.24, 2.45) is 5.84 Å². The Morgan fingerprint density at radius 2 is 2.00 bits per heavy atom. The van der Waals surface area contributed by atoms with E-state index < -0.39 is 0 Å². The summed E-state index contributed by atoms with van der Waals surface area (Å²) in [5.41, 5.74) is 1.20. The van der Waals surface area contributed by atoms with Crippen LogP contribution in [0.1, 0.15) is 17.9 Å². The van der Waals surface area contributed by atoms with Gasteiger partial charge in [-0.15, -0.1) is 0 Å². The SMILES string of the molecule is NN1CC(c2ccccc2)CC1=O. The van der Waals surface area contributed by atoms with Gasteiger partial charge >= 0.3 is 0 Å². The number of carbonyl (C=O) groups is 1. The number of rotatable bonds is 1. The molecule has 1 unspecified atom stereocenters. The quantitative estimate of drug-likeness (QED) is 0.510. The fourth-order valence-corrected chi connectivity index (χ4v) is 1.68. The number of benzene rings is 1. The molecule has 3 nitrogen and oxygen atoms in total. The van der Waals surface area contributed by atoms with Crippen molar-refractivity contribution < 1.29 is 4.79 Å². The van der Waals surface area contributed by atoms with Crippen LogP contribution in [0.3, 0.4) is 0 Å². The summed E-state index contributed by atoms with van der Waals surface area (Å²) in [5.74, 6) is 5.80. The largest absolute Gasteiger partial charge is 0.280 e. The number of hydrazine groups is 1. The molecule has 1 fully saturated rings. The van der Waals surface area contributed by atoms with Crippen molar-refractivity contribution in [3.63, 3.8) is 0 Å². The lowest BCUT2D eigenvalue weighted by Crippen LogP contribution is -2.31. The van der Waals surface area contributed by atoms with Crippen LogP contribution < -0.4 is 5.84 Å². The first-order valence-electron chi connectivity index (χ1n) is 4.37. The van der Waals surface area contributed by atoms with E-state index >= 15 is 0 Å². The van der Waals surface area contributed by atoms with Gasteiger partial charge in [-0.25, -0.2) is 5.84 Å². The standard InChI is InChI=1S/C10H12N2O/c11-12-7-9(6-10(12)13)8-4-2-1-3-5-8/h1-5,9H,6-7,11H2. The number of nitrogens with zero attached hydrogens (tertiary/aromatic N) is 1. The molecule has 68 valence electrons. The maximum Gasteiger partial charge on any atom is 0.237 e. The van der Waals surface area contributed by atoms with E-state index in [2.05, 4.69) is 0 Å². The predicted octanol–water partition coefficient (Wildman–Crippen LogP) is 0.876. The second kappa shape index (κ2) is 3.18. The van der Waals surface area contributed by atoms with Crippen molar-refractivity contribution in [2.75, 3.05) is 6.54 Å². The van der Waals surface area contributed by atoms with Gasteiger partial charge in [-0.1, -0.05) is 30.3 Å². The van der Waals surface area contributed by atoms with Gasteiger partial charge in [0, 0.05) is 18.9 Å². The zero-order chi connectivity index (χ0) is 9.26. The van der Waals surface area contributed by atoms with Crippen LogP contribution in [-0.2, 0) is 4.79 Å². The Balaban J connectivity index is 2.17. The predicted molar refractivity (Wildman–Crippen MR) is 49.7 cm³/mol. The van der Waals surface area contributed by atoms with E-state index in [1.807, 2.05) is 30.3 Å². The van der Waals surface area contributed by atoms with Gasteiger partial charge < -0.3 is 0 Å². The first kappa shape index (κ1) is 8.26.